The molecule has 0 aromatic carbocycles. The van der Waals surface area contributed by atoms with E-state index in [4.69, 9.17) is 9.47 Å². The molecule has 0 radical (unpaired) electrons. The third-order valence-electron chi connectivity index (χ3n) is 6.15. The zero-order valence-corrected chi connectivity index (χ0v) is 13.9. The van der Waals surface area contributed by atoms with Crippen molar-refractivity contribution < 1.29 is 29.9 Å². The average Bonchev–Trinajstić information content (AvgIpc) is 2.50. The van der Waals surface area contributed by atoms with Gasteiger partial charge < -0.3 is 29.9 Å². The molecule has 2 saturated carbocycles. The van der Waals surface area contributed by atoms with E-state index in [2.05, 4.69) is 6.92 Å². The summed E-state index contributed by atoms with van der Waals surface area (Å²) in [5.41, 5.74) is 0. The Morgan fingerprint density at radius 1 is 0.913 bits per heavy atom. The fourth-order valence-electron chi connectivity index (χ4n) is 4.92. The van der Waals surface area contributed by atoms with Gasteiger partial charge in [0.1, 0.15) is 6.10 Å². The number of ether oxygens (including phenoxy) is 2. The molecular weight excluding hydrogens is 300 g/mol. The largest absolute Gasteiger partial charge is 0.393 e. The maximum atomic E-state index is 10.2. The minimum Gasteiger partial charge on any atom is -0.393 e. The highest BCUT2D eigenvalue weighted by molar-refractivity contribution is 4.97. The van der Waals surface area contributed by atoms with E-state index in [1.54, 1.807) is 7.11 Å². The Labute approximate surface area is 137 Å². The van der Waals surface area contributed by atoms with E-state index < -0.39 is 24.4 Å². The van der Waals surface area contributed by atoms with E-state index in [0.29, 0.717) is 25.7 Å². The highest BCUT2D eigenvalue weighted by Crippen LogP contribution is 2.43. The molecule has 0 aromatic heterocycles. The normalized spacial score (nSPS) is 54.5. The Balaban J connectivity index is 1.70. The van der Waals surface area contributed by atoms with Crippen LogP contribution in [0.25, 0.3) is 0 Å². The predicted octanol–water partition coefficient (Wildman–Crippen LogP) is 0.0586. The van der Waals surface area contributed by atoms with Crippen molar-refractivity contribution in [2.24, 2.45) is 17.8 Å². The summed E-state index contributed by atoms with van der Waals surface area (Å²) in [5, 5.41) is 40.2. The highest BCUT2D eigenvalue weighted by Gasteiger charge is 2.48. The van der Waals surface area contributed by atoms with Crippen LogP contribution in [0.3, 0.4) is 0 Å². The van der Waals surface area contributed by atoms with Crippen molar-refractivity contribution in [2.75, 3.05) is 7.11 Å². The summed E-state index contributed by atoms with van der Waals surface area (Å²) < 4.78 is 11.6. The van der Waals surface area contributed by atoms with Gasteiger partial charge >= 0.3 is 0 Å². The molecule has 0 bridgehead atoms. The van der Waals surface area contributed by atoms with Gasteiger partial charge in [0.05, 0.1) is 36.6 Å². The Kier molecular flexibility index (Phi) is 5.30. The maximum Gasteiger partial charge on any atom is 0.106 e. The van der Waals surface area contributed by atoms with E-state index in [1.807, 2.05) is 0 Å². The second kappa shape index (κ2) is 6.94. The van der Waals surface area contributed by atoms with Crippen LogP contribution in [0.15, 0.2) is 0 Å². The molecule has 134 valence electrons. The van der Waals surface area contributed by atoms with Crippen molar-refractivity contribution in [1.29, 1.82) is 0 Å². The summed E-state index contributed by atoms with van der Waals surface area (Å²) in [6.45, 7) is 2.12. The topological polar surface area (TPSA) is 99.4 Å². The van der Waals surface area contributed by atoms with E-state index in [9.17, 15) is 20.4 Å². The number of fused-ring (bicyclic) bond motifs is 1. The van der Waals surface area contributed by atoms with Crippen molar-refractivity contribution in [3.05, 3.63) is 0 Å². The fourth-order valence-corrected chi connectivity index (χ4v) is 4.92. The van der Waals surface area contributed by atoms with Crippen LogP contribution in [-0.4, -0.2) is 70.3 Å². The minimum absolute atomic E-state index is 0.0338. The molecular formula is C17H30O6. The van der Waals surface area contributed by atoms with Gasteiger partial charge in [0.15, 0.2) is 0 Å². The summed E-state index contributed by atoms with van der Waals surface area (Å²) in [6, 6.07) is 0. The molecule has 0 amide bonds. The summed E-state index contributed by atoms with van der Waals surface area (Å²) in [7, 11) is 1.55. The molecule has 3 aliphatic rings. The summed E-state index contributed by atoms with van der Waals surface area (Å²) in [4.78, 5) is 0. The van der Waals surface area contributed by atoms with Gasteiger partial charge in [0.2, 0.25) is 0 Å². The number of hydrogen-bond donors (Lipinski definition) is 4. The first-order valence-corrected chi connectivity index (χ1v) is 8.81. The second-order valence-corrected chi connectivity index (χ2v) is 7.77. The molecule has 10 atom stereocenters. The van der Waals surface area contributed by atoms with Gasteiger partial charge in [-0.2, -0.15) is 0 Å². The molecule has 23 heavy (non-hydrogen) atoms. The summed E-state index contributed by atoms with van der Waals surface area (Å²) >= 11 is 0. The van der Waals surface area contributed by atoms with Crippen molar-refractivity contribution in [1.82, 2.24) is 0 Å². The van der Waals surface area contributed by atoms with Crippen molar-refractivity contribution in [2.45, 2.75) is 81.8 Å². The zero-order chi connectivity index (χ0) is 16.7. The predicted molar refractivity (Wildman–Crippen MR) is 82.7 cm³/mol. The van der Waals surface area contributed by atoms with Gasteiger partial charge in [0.25, 0.3) is 0 Å². The summed E-state index contributed by atoms with van der Waals surface area (Å²) in [6.07, 6.45) is -0.160. The number of hydrogen-bond acceptors (Lipinski definition) is 6. The van der Waals surface area contributed by atoms with Crippen LogP contribution in [0.1, 0.15) is 39.0 Å². The Morgan fingerprint density at radius 2 is 1.65 bits per heavy atom. The van der Waals surface area contributed by atoms with Crippen molar-refractivity contribution >= 4 is 0 Å². The molecule has 0 aromatic rings. The molecule has 1 aliphatic heterocycles. The first-order valence-electron chi connectivity index (χ1n) is 8.81. The van der Waals surface area contributed by atoms with Crippen molar-refractivity contribution in [3.63, 3.8) is 0 Å². The molecule has 1 saturated heterocycles. The molecule has 10 unspecified atom stereocenters. The second-order valence-electron chi connectivity index (χ2n) is 7.77. The fraction of sp³-hybridized carbons (Fsp3) is 1.00. The van der Waals surface area contributed by atoms with Gasteiger partial charge in [-0.3, -0.25) is 0 Å². The lowest BCUT2D eigenvalue weighted by Crippen LogP contribution is -2.55. The molecule has 6 nitrogen and oxygen atoms in total. The lowest BCUT2D eigenvalue weighted by molar-refractivity contribution is -0.206. The average molecular weight is 330 g/mol. The monoisotopic (exact) mass is 330 g/mol. The van der Waals surface area contributed by atoms with Gasteiger partial charge in [-0.05, 0) is 43.9 Å². The summed E-state index contributed by atoms with van der Waals surface area (Å²) in [5.74, 6) is 0.471. The van der Waals surface area contributed by atoms with Gasteiger partial charge in [-0.15, -0.1) is 0 Å². The highest BCUT2D eigenvalue weighted by atomic mass is 16.5. The first kappa shape index (κ1) is 17.6. The molecule has 4 N–H and O–H groups in total. The molecule has 6 heteroatoms. The van der Waals surface area contributed by atoms with Gasteiger partial charge in [-0.25, -0.2) is 0 Å². The standard InChI is InChI=1S/C17H30O6/c1-8-3-11-12(19)6-10(18)7-14(11)23-17(8)9-4-13(20)16(21)15(5-9)22-2/h8-21H,3-7H2,1-2H3. The van der Waals surface area contributed by atoms with E-state index >= 15 is 0 Å². The molecule has 2 aliphatic carbocycles. The van der Waals surface area contributed by atoms with Crippen LogP contribution < -0.4 is 0 Å². The van der Waals surface area contributed by atoms with Crippen LogP contribution in [0.2, 0.25) is 0 Å². The van der Waals surface area contributed by atoms with Crippen LogP contribution in [-0.2, 0) is 9.47 Å². The molecule has 1 heterocycles. The van der Waals surface area contributed by atoms with E-state index in [0.717, 1.165) is 6.42 Å². The zero-order valence-electron chi connectivity index (χ0n) is 13.9. The smallest absolute Gasteiger partial charge is 0.106 e. The Bertz CT molecular complexity index is 405. The Morgan fingerprint density at radius 3 is 2.35 bits per heavy atom. The third kappa shape index (κ3) is 3.43. The number of rotatable bonds is 2. The van der Waals surface area contributed by atoms with Crippen LogP contribution in [0, 0.1) is 17.8 Å². The molecule has 3 rings (SSSR count). The van der Waals surface area contributed by atoms with Gasteiger partial charge in [0, 0.05) is 13.0 Å². The minimum atomic E-state index is -0.846. The maximum absolute atomic E-state index is 10.2. The van der Waals surface area contributed by atoms with E-state index in [-0.39, 0.29) is 36.1 Å². The van der Waals surface area contributed by atoms with Crippen LogP contribution in [0.4, 0.5) is 0 Å². The number of aliphatic hydroxyl groups is 4. The first-order chi connectivity index (χ1) is 10.9. The quantitative estimate of drug-likeness (QED) is 0.571. The molecule has 3 fully saturated rings. The lowest BCUT2D eigenvalue weighted by Gasteiger charge is -2.50. The SMILES string of the molecule is COC1CC(C2OC3CC(O)CC(O)C3CC2C)CC(O)C1O. The number of methoxy groups -OCH3 is 1. The lowest BCUT2D eigenvalue weighted by atomic mass is 9.69. The number of aliphatic hydroxyl groups excluding tert-OH is 4. The van der Waals surface area contributed by atoms with Gasteiger partial charge in [-0.1, -0.05) is 6.92 Å². The Hall–Kier alpha value is -0.240. The third-order valence-corrected chi connectivity index (χ3v) is 6.15. The van der Waals surface area contributed by atoms with E-state index in [1.165, 1.54) is 0 Å². The molecule has 0 spiro atoms. The van der Waals surface area contributed by atoms with Crippen LogP contribution in [0.5, 0.6) is 0 Å². The van der Waals surface area contributed by atoms with Crippen LogP contribution >= 0.6 is 0 Å². The van der Waals surface area contributed by atoms with Crippen molar-refractivity contribution in [3.8, 4) is 0 Å².